The predicted molar refractivity (Wildman–Crippen MR) is 27.0 cm³/mol. The third kappa shape index (κ3) is 0.721. The minimum Gasteiger partial charge on any atom is -0.850 e. The minimum atomic E-state index is -0.227. The Morgan fingerprint density at radius 2 is 2.62 bits per heavy atom. The first-order chi connectivity index (χ1) is 3.84. The van der Waals surface area contributed by atoms with Gasteiger partial charge in [0.25, 0.3) is 0 Å². The molecule has 1 N–H and O–H groups in total. The Hall–Kier alpha value is -0.830. The number of imidazole rings is 1. The van der Waals surface area contributed by atoms with Gasteiger partial charge in [0.2, 0.25) is 0 Å². The van der Waals surface area contributed by atoms with Crippen LogP contribution in [0.4, 0.5) is 0 Å². The van der Waals surface area contributed by atoms with E-state index >= 15 is 0 Å². The van der Waals surface area contributed by atoms with Crippen molar-refractivity contribution in [3.05, 3.63) is 17.7 Å². The number of nitrogens with one attached hydrogen (secondary N) is 1. The molecular formula is C5H7N2O-. The van der Waals surface area contributed by atoms with Crippen LogP contribution in [0.5, 0.6) is 0 Å². The SMILES string of the molecule is Cc1[nH]cnc1C[O-]. The molecule has 0 radical (unpaired) electrons. The van der Waals surface area contributed by atoms with Gasteiger partial charge >= 0.3 is 0 Å². The summed E-state index contributed by atoms with van der Waals surface area (Å²) in [5.41, 5.74) is 1.49. The van der Waals surface area contributed by atoms with E-state index in [-0.39, 0.29) is 6.61 Å². The van der Waals surface area contributed by atoms with Crippen LogP contribution < -0.4 is 5.11 Å². The molecule has 0 spiro atoms. The molecule has 3 nitrogen and oxygen atoms in total. The maximum absolute atomic E-state index is 10.1. The van der Waals surface area contributed by atoms with Gasteiger partial charge in [-0.3, -0.25) is 0 Å². The maximum Gasteiger partial charge on any atom is 0.0924 e. The summed E-state index contributed by atoms with van der Waals surface area (Å²) in [6.07, 6.45) is 1.53. The summed E-state index contributed by atoms with van der Waals surface area (Å²) in [6, 6.07) is 0. The highest BCUT2D eigenvalue weighted by molar-refractivity contribution is 5.06. The van der Waals surface area contributed by atoms with Crippen molar-refractivity contribution < 1.29 is 5.11 Å². The van der Waals surface area contributed by atoms with E-state index in [1.54, 1.807) is 0 Å². The fraction of sp³-hybridized carbons (Fsp3) is 0.400. The zero-order valence-electron chi connectivity index (χ0n) is 4.64. The molecule has 0 bridgehead atoms. The minimum absolute atomic E-state index is 0.227. The van der Waals surface area contributed by atoms with Crippen molar-refractivity contribution in [1.82, 2.24) is 9.97 Å². The molecule has 1 rings (SSSR count). The Kier molecular flexibility index (Phi) is 1.30. The van der Waals surface area contributed by atoms with E-state index < -0.39 is 0 Å². The maximum atomic E-state index is 10.1. The van der Waals surface area contributed by atoms with Crippen molar-refractivity contribution in [2.75, 3.05) is 0 Å². The van der Waals surface area contributed by atoms with E-state index in [1.807, 2.05) is 6.92 Å². The number of aromatic amines is 1. The quantitative estimate of drug-likeness (QED) is 0.535. The summed E-state index contributed by atoms with van der Waals surface area (Å²) >= 11 is 0. The average Bonchev–Trinajstić information content (AvgIpc) is 2.14. The molecule has 44 valence electrons. The predicted octanol–water partition coefficient (Wildman–Crippen LogP) is -0.422. The van der Waals surface area contributed by atoms with E-state index in [1.165, 1.54) is 6.33 Å². The van der Waals surface area contributed by atoms with Crippen LogP contribution in [-0.4, -0.2) is 9.97 Å². The van der Waals surface area contributed by atoms with Crippen molar-refractivity contribution in [2.45, 2.75) is 13.5 Å². The molecule has 3 heteroatoms. The summed E-state index contributed by atoms with van der Waals surface area (Å²) in [7, 11) is 0. The van der Waals surface area contributed by atoms with Gasteiger partial charge in [-0.2, -0.15) is 0 Å². The molecular weight excluding hydrogens is 104 g/mol. The highest BCUT2D eigenvalue weighted by atomic mass is 16.3. The first-order valence-corrected chi connectivity index (χ1v) is 2.41. The highest BCUT2D eigenvalue weighted by Gasteiger charge is 1.89. The lowest BCUT2D eigenvalue weighted by molar-refractivity contribution is -0.387. The Morgan fingerprint density at radius 1 is 1.88 bits per heavy atom. The number of hydrogen-bond acceptors (Lipinski definition) is 2. The summed E-state index contributed by atoms with van der Waals surface area (Å²) < 4.78 is 0. The zero-order chi connectivity index (χ0) is 5.98. The molecule has 1 aromatic rings. The summed E-state index contributed by atoms with van der Waals surface area (Å²) in [6.45, 7) is 1.61. The van der Waals surface area contributed by atoms with Crippen molar-refractivity contribution in [3.8, 4) is 0 Å². The molecule has 1 aromatic heterocycles. The molecule has 0 fully saturated rings. The van der Waals surface area contributed by atoms with Crippen LogP contribution in [0.3, 0.4) is 0 Å². The molecule has 8 heavy (non-hydrogen) atoms. The molecule has 1 heterocycles. The van der Waals surface area contributed by atoms with Gasteiger partial charge in [0, 0.05) is 11.4 Å². The second kappa shape index (κ2) is 1.96. The van der Waals surface area contributed by atoms with Crippen LogP contribution >= 0.6 is 0 Å². The first kappa shape index (κ1) is 5.31. The third-order valence-electron chi connectivity index (χ3n) is 1.07. The van der Waals surface area contributed by atoms with E-state index in [0.717, 1.165) is 5.69 Å². The van der Waals surface area contributed by atoms with Gasteiger partial charge in [-0.05, 0) is 6.92 Å². The number of hydrogen-bond donors (Lipinski definition) is 1. The Labute approximate surface area is 47.4 Å². The number of aryl methyl sites for hydroxylation is 1. The lowest BCUT2D eigenvalue weighted by atomic mass is 10.4. The molecule has 0 aliphatic carbocycles. The van der Waals surface area contributed by atoms with Gasteiger partial charge in [-0.25, -0.2) is 4.98 Å². The van der Waals surface area contributed by atoms with Crippen molar-refractivity contribution >= 4 is 0 Å². The monoisotopic (exact) mass is 111 g/mol. The molecule has 0 aromatic carbocycles. The van der Waals surface area contributed by atoms with Crippen LogP contribution in [-0.2, 0) is 6.61 Å². The van der Waals surface area contributed by atoms with Crippen LogP contribution in [0, 0.1) is 6.92 Å². The number of rotatable bonds is 1. The number of H-pyrrole nitrogens is 1. The first-order valence-electron chi connectivity index (χ1n) is 2.41. The Morgan fingerprint density at radius 3 is 2.88 bits per heavy atom. The number of nitrogens with zero attached hydrogens (tertiary/aromatic N) is 1. The van der Waals surface area contributed by atoms with Crippen molar-refractivity contribution in [2.24, 2.45) is 0 Å². The van der Waals surface area contributed by atoms with E-state index in [2.05, 4.69) is 9.97 Å². The van der Waals surface area contributed by atoms with Gasteiger partial charge in [-0.15, -0.1) is 0 Å². The number of aromatic nitrogens is 2. The summed E-state index contributed by atoms with van der Waals surface area (Å²) in [4.78, 5) is 6.57. The largest absolute Gasteiger partial charge is 0.850 e. The second-order valence-corrected chi connectivity index (χ2v) is 1.62. The Bertz CT molecular complexity index is 171. The van der Waals surface area contributed by atoms with E-state index in [0.29, 0.717) is 5.69 Å². The van der Waals surface area contributed by atoms with Crippen molar-refractivity contribution in [3.63, 3.8) is 0 Å². The van der Waals surface area contributed by atoms with Crippen molar-refractivity contribution in [1.29, 1.82) is 0 Å². The molecule has 0 saturated heterocycles. The van der Waals surface area contributed by atoms with E-state index in [9.17, 15) is 5.11 Å². The molecule has 0 atom stereocenters. The molecule has 0 saturated carbocycles. The third-order valence-corrected chi connectivity index (χ3v) is 1.07. The lowest BCUT2D eigenvalue weighted by Gasteiger charge is -1.97. The summed E-state index contributed by atoms with van der Waals surface area (Å²) in [5, 5.41) is 10.1. The standard InChI is InChI=1S/C5H7N2O/c1-4-5(2-8)7-3-6-4/h3H,2H2,1H3,(H,6,7)/q-1. The van der Waals surface area contributed by atoms with Gasteiger partial charge in [0.05, 0.1) is 6.33 Å². The van der Waals surface area contributed by atoms with Gasteiger partial charge in [-0.1, -0.05) is 6.61 Å². The topological polar surface area (TPSA) is 51.7 Å². The molecule has 0 aliphatic heterocycles. The van der Waals surface area contributed by atoms with Gasteiger partial charge in [0.1, 0.15) is 0 Å². The fourth-order valence-corrected chi connectivity index (χ4v) is 0.533. The van der Waals surface area contributed by atoms with Crippen LogP contribution in [0.15, 0.2) is 6.33 Å². The molecule has 0 amide bonds. The molecule has 0 unspecified atom stereocenters. The lowest BCUT2D eigenvalue weighted by Crippen LogP contribution is -2.03. The smallest absolute Gasteiger partial charge is 0.0924 e. The highest BCUT2D eigenvalue weighted by Crippen LogP contribution is 1.96. The van der Waals surface area contributed by atoms with Crippen LogP contribution in [0.25, 0.3) is 0 Å². The second-order valence-electron chi connectivity index (χ2n) is 1.62. The zero-order valence-corrected chi connectivity index (χ0v) is 4.64. The van der Waals surface area contributed by atoms with Crippen LogP contribution in [0.1, 0.15) is 11.4 Å². The molecule has 0 aliphatic rings. The Balaban J connectivity index is 2.92. The van der Waals surface area contributed by atoms with Gasteiger partial charge in [0.15, 0.2) is 0 Å². The summed E-state index contributed by atoms with van der Waals surface area (Å²) in [5.74, 6) is 0. The average molecular weight is 111 g/mol. The van der Waals surface area contributed by atoms with Crippen LogP contribution in [0.2, 0.25) is 0 Å². The van der Waals surface area contributed by atoms with Gasteiger partial charge < -0.3 is 10.1 Å². The normalized spacial score (nSPS) is 9.75. The fourth-order valence-electron chi connectivity index (χ4n) is 0.533. The van der Waals surface area contributed by atoms with E-state index in [4.69, 9.17) is 0 Å².